The van der Waals surface area contributed by atoms with Gasteiger partial charge >= 0.3 is 0 Å². The minimum absolute atomic E-state index is 0.122. The van der Waals surface area contributed by atoms with Crippen molar-refractivity contribution >= 4 is 21.6 Å². The minimum Gasteiger partial charge on any atom is -0.492 e. The molecule has 0 bridgehead atoms. The third-order valence-corrected chi connectivity index (χ3v) is 5.51. The predicted molar refractivity (Wildman–Crippen MR) is 115 cm³/mol. The van der Waals surface area contributed by atoms with Gasteiger partial charge in [-0.05, 0) is 48.9 Å². The molecule has 0 aliphatic carbocycles. The average molecular weight is 429 g/mol. The summed E-state index contributed by atoms with van der Waals surface area (Å²) in [5.41, 5.74) is 1.70. The molecule has 1 N–H and O–H groups in total. The van der Waals surface area contributed by atoms with E-state index in [1.54, 1.807) is 66.9 Å². The lowest BCUT2D eigenvalue weighted by Gasteiger charge is -2.24. The number of rotatable bonds is 9. The highest BCUT2D eigenvalue weighted by Gasteiger charge is 2.21. The highest BCUT2D eigenvalue weighted by molar-refractivity contribution is 7.92. The number of hydrogen-bond acceptors (Lipinski definition) is 5. The number of hydrogen-bond donors (Lipinski definition) is 1. The quantitative estimate of drug-likeness (QED) is 0.563. The first-order chi connectivity index (χ1) is 14.4. The summed E-state index contributed by atoms with van der Waals surface area (Å²) in [6.45, 7) is 2.69. The second kappa shape index (κ2) is 9.49. The topological polar surface area (TPSA) is 88.8 Å². The zero-order chi connectivity index (χ0) is 21.6. The first kappa shape index (κ1) is 21.4. The molecular weight excluding hydrogens is 404 g/mol. The van der Waals surface area contributed by atoms with Crippen molar-refractivity contribution in [1.82, 2.24) is 5.32 Å². The zero-order valence-corrected chi connectivity index (χ0v) is 17.7. The van der Waals surface area contributed by atoms with Crippen molar-refractivity contribution in [3.8, 4) is 5.75 Å². The number of benzene rings is 2. The molecule has 3 rings (SSSR count). The highest BCUT2D eigenvalue weighted by Crippen LogP contribution is 2.31. The summed E-state index contributed by atoms with van der Waals surface area (Å²) in [7, 11) is -3.55. The summed E-state index contributed by atoms with van der Waals surface area (Å²) >= 11 is 0. The fourth-order valence-corrected chi connectivity index (χ4v) is 3.82. The van der Waals surface area contributed by atoms with Crippen LogP contribution in [0.5, 0.6) is 5.75 Å². The van der Waals surface area contributed by atoms with Crippen molar-refractivity contribution in [1.29, 1.82) is 0 Å². The summed E-state index contributed by atoms with van der Waals surface area (Å²) in [5, 5.41) is 2.78. The van der Waals surface area contributed by atoms with Gasteiger partial charge in [0.15, 0.2) is 0 Å². The van der Waals surface area contributed by atoms with Crippen molar-refractivity contribution in [2.75, 3.05) is 17.2 Å². The lowest BCUT2D eigenvalue weighted by Crippen LogP contribution is -2.29. The number of furan rings is 1. The van der Waals surface area contributed by atoms with E-state index < -0.39 is 10.0 Å². The van der Waals surface area contributed by atoms with Gasteiger partial charge in [-0.3, -0.25) is 9.10 Å². The smallest absolute Gasteiger partial charge is 0.251 e. The Balaban J connectivity index is 1.75. The van der Waals surface area contributed by atoms with Gasteiger partial charge in [-0.25, -0.2) is 8.42 Å². The Morgan fingerprint density at radius 2 is 1.80 bits per heavy atom. The Bertz CT molecular complexity index is 1080. The van der Waals surface area contributed by atoms with E-state index in [9.17, 15) is 13.2 Å². The van der Waals surface area contributed by atoms with E-state index in [0.717, 1.165) is 11.8 Å². The van der Waals surface area contributed by atoms with Crippen LogP contribution in [0.2, 0.25) is 0 Å². The van der Waals surface area contributed by atoms with E-state index >= 15 is 0 Å². The van der Waals surface area contributed by atoms with Gasteiger partial charge in [0.2, 0.25) is 10.0 Å². The SMILES string of the molecule is CCOc1ccccc1N(Cc1ccc(C(=O)NCc2ccco2)cc1)S(C)(=O)=O. The molecule has 0 saturated carbocycles. The van der Waals surface area contributed by atoms with Gasteiger partial charge in [0, 0.05) is 5.56 Å². The number of para-hydroxylation sites is 2. The van der Waals surface area contributed by atoms with Crippen LogP contribution in [0.15, 0.2) is 71.3 Å². The van der Waals surface area contributed by atoms with Crippen molar-refractivity contribution in [3.05, 3.63) is 83.8 Å². The Kier molecular flexibility index (Phi) is 6.79. The van der Waals surface area contributed by atoms with E-state index in [2.05, 4.69) is 5.32 Å². The maximum atomic E-state index is 12.5. The Labute approximate surface area is 176 Å². The zero-order valence-electron chi connectivity index (χ0n) is 16.9. The summed E-state index contributed by atoms with van der Waals surface area (Å²) in [4.78, 5) is 12.3. The molecule has 0 aliphatic heterocycles. The van der Waals surface area contributed by atoms with E-state index in [1.807, 2.05) is 6.92 Å². The van der Waals surface area contributed by atoms with Crippen LogP contribution in [-0.4, -0.2) is 27.2 Å². The molecule has 30 heavy (non-hydrogen) atoms. The fraction of sp³-hybridized carbons (Fsp3) is 0.227. The molecule has 3 aromatic rings. The first-order valence-electron chi connectivity index (χ1n) is 9.47. The number of carbonyl (C=O) groups is 1. The number of anilines is 1. The van der Waals surface area contributed by atoms with Gasteiger partial charge in [-0.1, -0.05) is 24.3 Å². The summed E-state index contributed by atoms with van der Waals surface area (Å²) in [6.07, 6.45) is 2.71. The molecule has 7 nitrogen and oxygen atoms in total. The molecule has 1 amide bonds. The number of sulfonamides is 1. The van der Waals surface area contributed by atoms with Crippen LogP contribution in [0, 0.1) is 0 Å². The van der Waals surface area contributed by atoms with E-state index in [-0.39, 0.29) is 12.5 Å². The third kappa shape index (κ3) is 5.42. The fourth-order valence-electron chi connectivity index (χ4n) is 2.93. The van der Waals surface area contributed by atoms with E-state index in [0.29, 0.717) is 35.9 Å². The van der Waals surface area contributed by atoms with Crippen LogP contribution >= 0.6 is 0 Å². The average Bonchev–Trinajstić information content (AvgIpc) is 3.24. The van der Waals surface area contributed by atoms with Crippen LogP contribution in [0.4, 0.5) is 5.69 Å². The molecule has 1 heterocycles. The highest BCUT2D eigenvalue weighted by atomic mass is 32.2. The molecule has 0 unspecified atom stereocenters. The first-order valence-corrected chi connectivity index (χ1v) is 11.3. The molecule has 8 heteroatoms. The Morgan fingerprint density at radius 3 is 2.43 bits per heavy atom. The van der Waals surface area contributed by atoms with Crippen molar-refractivity contribution < 1.29 is 22.4 Å². The predicted octanol–water partition coefficient (Wildman–Crippen LogP) is 3.57. The second-order valence-electron chi connectivity index (χ2n) is 6.63. The van der Waals surface area contributed by atoms with Crippen LogP contribution in [0.1, 0.15) is 28.6 Å². The molecule has 0 saturated heterocycles. The van der Waals surface area contributed by atoms with Crippen LogP contribution in [0.3, 0.4) is 0 Å². The molecule has 0 spiro atoms. The van der Waals surface area contributed by atoms with Crippen molar-refractivity contribution in [2.24, 2.45) is 0 Å². The molecule has 0 fully saturated rings. The van der Waals surface area contributed by atoms with Crippen molar-refractivity contribution in [2.45, 2.75) is 20.0 Å². The Hall–Kier alpha value is -3.26. The van der Waals surface area contributed by atoms with Gasteiger partial charge in [0.1, 0.15) is 11.5 Å². The standard InChI is InChI=1S/C22H24N2O5S/c1-3-28-21-9-5-4-8-20(21)24(30(2,26)27)16-17-10-12-18(13-11-17)22(25)23-15-19-7-6-14-29-19/h4-14H,3,15-16H2,1-2H3,(H,23,25). The minimum atomic E-state index is -3.55. The molecule has 0 radical (unpaired) electrons. The Morgan fingerprint density at radius 1 is 1.07 bits per heavy atom. The summed E-state index contributed by atoms with van der Waals surface area (Å²) < 4.78 is 37.0. The largest absolute Gasteiger partial charge is 0.492 e. The number of ether oxygens (including phenoxy) is 1. The van der Waals surface area contributed by atoms with Gasteiger partial charge in [-0.15, -0.1) is 0 Å². The molecule has 0 atom stereocenters. The number of amides is 1. The molecule has 1 aromatic heterocycles. The van der Waals surface area contributed by atoms with Gasteiger partial charge in [0.05, 0.1) is 37.9 Å². The number of nitrogens with zero attached hydrogens (tertiary/aromatic N) is 1. The number of carbonyl (C=O) groups excluding carboxylic acids is 1. The van der Waals surface area contributed by atoms with Gasteiger partial charge in [0.25, 0.3) is 5.91 Å². The van der Waals surface area contributed by atoms with Gasteiger partial charge < -0.3 is 14.5 Å². The van der Waals surface area contributed by atoms with Crippen LogP contribution < -0.4 is 14.4 Å². The molecule has 2 aromatic carbocycles. The second-order valence-corrected chi connectivity index (χ2v) is 8.54. The third-order valence-electron chi connectivity index (χ3n) is 4.38. The normalized spacial score (nSPS) is 11.1. The van der Waals surface area contributed by atoms with Crippen LogP contribution in [0.25, 0.3) is 0 Å². The van der Waals surface area contributed by atoms with Gasteiger partial charge in [-0.2, -0.15) is 0 Å². The maximum absolute atomic E-state index is 12.5. The summed E-state index contributed by atoms with van der Waals surface area (Å²) in [6, 6.07) is 17.4. The van der Waals surface area contributed by atoms with Crippen molar-refractivity contribution in [3.63, 3.8) is 0 Å². The van der Waals surface area contributed by atoms with E-state index in [4.69, 9.17) is 9.15 Å². The lowest BCUT2D eigenvalue weighted by atomic mass is 10.1. The summed E-state index contributed by atoms with van der Waals surface area (Å²) in [5.74, 6) is 0.927. The van der Waals surface area contributed by atoms with Crippen LogP contribution in [-0.2, 0) is 23.1 Å². The monoisotopic (exact) mass is 428 g/mol. The molecule has 0 aliphatic rings. The molecular formula is C22H24N2O5S. The van der Waals surface area contributed by atoms with E-state index in [1.165, 1.54) is 4.31 Å². The maximum Gasteiger partial charge on any atom is 0.251 e. The molecule has 158 valence electrons. The number of nitrogens with one attached hydrogen (secondary N) is 1. The lowest BCUT2D eigenvalue weighted by molar-refractivity contribution is 0.0948.